The third-order valence-corrected chi connectivity index (χ3v) is 5.15. The van der Waals surface area contributed by atoms with E-state index in [4.69, 9.17) is 23.9 Å². The first-order chi connectivity index (χ1) is 10.5. The first kappa shape index (κ1) is 20.6. The van der Waals surface area contributed by atoms with Crippen LogP contribution in [0.3, 0.4) is 0 Å². The minimum atomic E-state index is -1.96. The maximum atomic E-state index is 9.71. The summed E-state index contributed by atoms with van der Waals surface area (Å²) in [5, 5.41) is 13.5. The van der Waals surface area contributed by atoms with Gasteiger partial charge < -0.3 is 23.4 Å². The molecule has 1 saturated heterocycles. The molecule has 0 aliphatic carbocycles. The molecule has 1 rings (SSSR count). The van der Waals surface area contributed by atoms with E-state index in [9.17, 15) is 5.11 Å². The number of rotatable bonds is 7. The van der Waals surface area contributed by atoms with E-state index in [1.54, 1.807) is 0 Å². The van der Waals surface area contributed by atoms with Crippen molar-refractivity contribution in [2.75, 3.05) is 13.7 Å². The van der Waals surface area contributed by atoms with Crippen LogP contribution in [0.15, 0.2) is 5.11 Å². The molecule has 0 saturated carbocycles. The van der Waals surface area contributed by atoms with E-state index in [1.807, 2.05) is 0 Å². The Labute approximate surface area is 140 Å². The predicted molar refractivity (Wildman–Crippen MR) is 92.1 cm³/mol. The lowest BCUT2D eigenvalue weighted by atomic mass is 9.98. The van der Waals surface area contributed by atoms with Gasteiger partial charge in [-0.05, 0) is 44.8 Å². The Morgan fingerprint density at radius 3 is 2.00 bits per heavy atom. The van der Waals surface area contributed by atoms with Crippen molar-refractivity contribution in [3.63, 3.8) is 0 Å². The first-order valence-electron chi connectivity index (χ1n) is 7.71. The molecule has 0 bridgehead atoms. The second-order valence-electron chi connectivity index (χ2n) is 7.55. The van der Waals surface area contributed by atoms with Gasteiger partial charge in [-0.3, -0.25) is 0 Å². The number of hydrogen-bond donors (Lipinski definition) is 1. The van der Waals surface area contributed by atoms with Crippen LogP contribution in [0.2, 0.25) is 39.3 Å². The summed E-state index contributed by atoms with van der Waals surface area (Å²) < 4.78 is 23.5. The highest BCUT2D eigenvalue weighted by atomic mass is 28.4. The highest BCUT2D eigenvalue weighted by Crippen LogP contribution is 2.32. The number of hydrogen-bond acceptors (Lipinski definition) is 6. The first-order valence-corrected chi connectivity index (χ1v) is 14.5. The van der Waals surface area contributed by atoms with Gasteiger partial charge in [0.2, 0.25) is 0 Å². The fourth-order valence-corrected chi connectivity index (χ4v) is 4.70. The van der Waals surface area contributed by atoms with E-state index < -0.39 is 47.3 Å². The van der Waals surface area contributed by atoms with Crippen molar-refractivity contribution in [2.24, 2.45) is 5.11 Å². The van der Waals surface area contributed by atoms with Gasteiger partial charge in [0, 0.05) is 12.0 Å². The molecule has 0 aromatic rings. The van der Waals surface area contributed by atoms with Crippen LogP contribution in [0.5, 0.6) is 0 Å². The summed E-state index contributed by atoms with van der Waals surface area (Å²) in [6.07, 6.45) is -2.37. The molecule has 1 N–H and O–H groups in total. The molecule has 0 spiro atoms. The van der Waals surface area contributed by atoms with E-state index in [1.165, 1.54) is 7.11 Å². The van der Waals surface area contributed by atoms with E-state index >= 15 is 0 Å². The summed E-state index contributed by atoms with van der Waals surface area (Å²) >= 11 is 0. The minimum absolute atomic E-state index is 0.219. The SMILES string of the molecule is CO[C@@H]1O[C@H](CO)[C@H](O[Si](C)(C)C)[C@H](O[Si](C)(C)C)[C@H]1N=[N+]=[N-]. The number of azide groups is 1. The van der Waals surface area contributed by atoms with Gasteiger partial charge in [-0.1, -0.05) is 5.11 Å². The quantitative estimate of drug-likeness (QED) is 0.324. The van der Waals surface area contributed by atoms with Crippen molar-refractivity contribution in [1.82, 2.24) is 0 Å². The molecule has 0 unspecified atom stereocenters. The normalized spacial score (nSPS) is 32.4. The summed E-state index contributed by atoms with van der Waals surface area (Å²) in [7, 11) is -2.42. The second-order valence-corrected chi connectivity index (χ2v) is 16.5. The molecule has 0 amide bonds. The molecule has 1 aliphatic rings. The molecule has 1 fully saturated rings. The van der Waals surface area contributed by atoms with E-state index in [0.717, 1.165) is 0 Å². The van der Waals surface area contributed by atoms with Crippen LogP contribution in [0, 0.1) is 0 Å². The molecule has 1 aliphatic heterocycles. The van der Waals surface area contributed by atoms with Gasteiger partial charge in [-0.15, -0.1) is 0 Å². The lowest BCUT2D eigenvalue weighted by Gasteiger charge is -2.47. The third kappa shape index (κ3) is 6.16. The van der Waals surface area contributed by atoms with Gasteiger partial charge in [0.25, 0.3) is 0 Å². The van der Waals surface area contributed by atoms with Crippen LogP contribution in [0.25, 0.3) is 10.4 Å². The zero-order valence-corrected chi connectivity index (χ0v) is 17.0. The standard InChI is InChI=1S/C13H29N3O5Si2/c1-18-13-10(15-16-14)12(21-23(5,6)7)11(9(8-17)19-13)20-22(2,3)4/h9-13,17H,8H2,1-7H3/t9-,10-,11+,12-,13-/m1/s1. The number of aliphatic hydroxyl groups excluding tert-OH is 1. The van der Waals surface area contributed by atoms with Gasteiger partial charge >= 0.3 is 0 Å². The van der Waals surface area contributed by atoms with Gasteiger partial charge in [-0.25, -0.2) is 0 Å². The maximum absolute atomic E-state index is 9.71. The van der Waals surface area contributed by atoms with E-state index in [2.05, 4.69) is 49.3 Å². The minimum Gasteiger partial charge on any atom is -0.411 e. The Bertz CT molecular complexity index is 434. The van der Waals surface area contributed by atoms with Crippen LogP contribution in [0.4, 0.5) is 0 Å². The lowest BCUT2D eigenvalue weighted by Crippen LogP contribution is -2.63. The van der Waals surface area contributed by atoms with Gasteiger partial charge in [-0.2, -0.15) is 0 Å². The summed E-state index contributed by atoms with van der Waals surface area (Å²) in [5.74, 6) is 0. The maximum Gasteiger partial charge on any atom is 0.184 e. The van der Waals surface area contributed by atoms with E-state index in [0.29, 0.717) is 0 Å². The van der Waals surface area contributed by atoms with Crippen molar-refractivity contribution >= 4 is 16.6 Å². The molecule has 1 heterocycles. The van der Waals surface area contributed by atoms with Crippen molar-refractivity contribution in [2.45, 2.75) is 69.9 Å². The van der Waals surface area contributed by atoms with Crippen LogP contribution >= 0.6 is 0 Å². The van der Waals surface area contributed by atoms with Crippen LogP contribution in [-0.4, -0.2) is 66.1 Å². The summed E-state index contributed by atoms with van der Waals surface area (Å²) in [4.78, 5) is 2.91. The zero-order valence-electron chi connectivity index (χ0n) is 15.0. The molecule has 0 aromatic heterocycles. The summed E-state index contributed by atoms with van der Waals surface area (Å²) in [6, 6.07) is -0.666. The van der Waals surface area contributed by atoms with Crippen molar-refractivity contribution in [3.05, 3.63) is 10.4 Å². The molecule has 10 heteroatoms. The molecule has 0 aromatic carbocycles. The molecule has 0 radical (unpaired) electrons. The zero-order chi connectivity index (χ0) is 17.8. The Morgan fingerprint density at radius 1 is 1.09 bits per heavy atom. The number of aliphatic hydroxyl groups is 1. The van der Waals surface area contributed by atoms with E-state index in [-0.39, 0.29) is 6.61 Å². The lowest BCUT2D eigenvalue weighted by molar-refractivity contribution is -0.251. The fourth-order valence-electron chi connectivity index (χ4n) is 2.51. The highest BCUT2D eigenvalue weighted by molar-refractivity contribution is 6.70. The predicted octanol–water partition coefficient (Wildman–Crippen LogP) is 2.47. The molecular formula is C13H29N3O5Si2. The molecule has 8 nitrogen and oxygen atoms in total. The fraction of sp³-hybridized carbons (Fsp3) is 1.00. The van der Waals surface area contributed by atoms with Gasteiger partial charge in [0.15, 0.2) is 22.9 Å². The molecule has 5 atom stereocenters. The average molecular weight is 364 g/mol. The number of methoxy groups -OCH3 is 1. The Hall–Kier alpha value is -0.456. The van der Waals surface area contributed by atoms with Gasteiger partial charge in [0.05, 0.1) is 18.8 Å². The topological polar surface area (TPSA) is 106 Å². The largest absolute Gasteiger partial charge is 0.411 e. The van der Waals surface area contributed by atoms with Crippen LogP contribution in [-0.2, 0) is 18.3 Å². The third-order valence-electron chi connectivity index (χ3n) is 3.19. The number of ether oxygens (including phenoxy) is 2. The molecular weight excluding hydrogens is 334 g/mol. The highest BCUT2D eigenvalue weighted by Gasteiger charge is 2.49. The Kier molecular flexibility index (Phi) is 7.23. The molecule has 134 valence electrons. The van der Waals surface area contributed by atoms with Crippen molar-refractivity contribution < 1.29 is 23.4 Å². The summed E-state index contributed by atoms with van der Waals surface area (Å²) in [6.45, 7) is 12.1. The van der Waals surface area contributed by atoms with Crippen molar-refractivity contribution in [3.8, 4) is 0 Å². The monoisotopic (exact) mass is 363 g/mol. The smallest absolute Gasteiger partial charge is 0.184 e. The van der Waals surface area contributed by atoms with Crippen molar-refractivity contribution in [1.29, 1.82) is 0 Å². The average Bonchev–Trinajstić information content (AvgIpc) is 2.40. The number of nitrogens with zero attached hydrogens (tertiary/aromatic N) is 3. The van der Waals surface area contributed by atoms with Crippen LogP contribution in [0.1, 0.15) is 0 Å². The van der Waals surface area contributed by atoms with Crippen LogP contribution < -0.4 is 0 Å². The summed E-state index contributed by atoms with van der Waals surface area (Å²) in [5.41, 5.74) is 8.91. The Balaban J connectivity index is 3.24. The Morgan fingerprint density at radius 2 is 1.61 bits per heavy atom. The second kappa shape index (κ2) is 8.08. The molecule has 23 heavy (non-hydrogen) atoms. The van der Waals surface area contributed by atoms with Gasteiger partial charge in [0.1, 0.15) is 12.1 Å².